The highest BCUT2D eigenvalue weighted by Crippen LogP contribution is 2.20. The Balaban J connectivity index is 2.88. The van der Waals surface area contributed by atoms with E-state index in [1.54, 1.807) is 42.8 Å². The number of hydrogen-bond donors (Lipinski definition) is 2. The van der Waals surface area contributed by atoms with E-state index >= 15 is 0 Å². The highest BCUT2D eigenvalue weighted by Gasteiger charge is 2.19. The number of thioether (sulfide) groups is 1. The molecular formula is C15H22N2O3S. The number of amides is 2. The Hall–Kier alpha value is -1.69. The summed E-state index contributed by atoms with van der Waals surface area (Å²) < 4.78 is 0. The van der Waals surface area contributed by atoms with Gasteiger partial charge in [-0.05, 0) is 37.3 Å². The minimum Gasteiger partial charge on any atom is -0.478 e. The predicted molar refractivity (Wildman–Crippen MR) is 87.4 cm³/mol. The molecule has 0 saturated carbocycles. The Morgan fingerprint density at radius 3 is 2.62 bits per heavy atom. The molecule has 6 heteroatoms. The number of nitrogens with zero attached hydrogens (tertiary/aromatic N) is 1. The van der Waals surface area contributed by atoms with Gasteiger partial charge in [-0.3, -0.25) is 0 Å². The fraction of sp³-hybridized carbons (Fsp3) is 0.467. The molecule has 0 aliphatic rings. The summed E-state index contributed by atoms with van der Waals surface area (Å²) in [6, 6.07) is 4.80. The summed E-state index contributed by atoms with van der Waals surface area (Å²) in [6.45, 7) is 3.74. The van der Waals surface area contributed by atoms with Crippen molar-refractivity contribution in [2.75, 3.05) is 24.4 Å². The van der Waals surface area contributed by atoms with Crippen LogP contribution in [0.1, 0.15) is 29.3 Å². The first-order valence-corrected chi connectivity index (χ1v) is 8.17. The summed E-state index contributed by atoms with van der Waals surface area (Å²) in [6.07, 6.45) is 2.88. The van der Waals surface area contributed by atoms with Crippen molar-refractivity contribution in [3.05, 3.63) is 29.3 Å². The molecule has 0 aliphatic heterocycles. The molecule has 5 nitrogen and oxygen atoms in total. The van der Waals surface area contributed by atoms with Crippen LogP contribution in [-0.2, 0) is 0 Å². The molecule has 1 aromatic rings. The van der Waals surface area contributed by atoms with Crippen molar-refractivity contribution in [3.8, 4) is 0 Å². The average Bonchev–Trinajstić information content (AvgIpc) is 2.45. The van der Waals surface area contributed by atoms with E-state index in [0.717, 1.165) is 12.2 Å². The topological polar surface area (TPSA) is 69.6 Å². The van der Waals surface area contributed by atoms with Crippen molar-refractivity contribution in [2.45, 2.75) is 26.3 Å². The van der Waals surface area contributed by atoms with Crippen molar-refractivity contribution in [1.82, 2.24) is 4.90 Å². The van der Waals surface area contributed by atoms with Gasteiger partial charge in [0.05, 0.1) is 5.56 Å². The van der Waals surface area contributed by atoms with Crippen molar-refractivity contribution < 1.29 is 14.7 Å². The first kappa shape index (κ1) is 17.4. The molecule has 0 aromatic heterocycles. The third-order valence-electron chi connectivity index (χ3n) is 3.50. The van der Waals surface area contributed by atoms with Crippen LogP contribution in [0.3, 0.4) is 0 Å². The first-order chi connectivity index (χ1) is 9.92. The Labute approximate surface area is 129 Å². The predicted octanol–water partition coefficient (Wildman–Crippen LogP) is 3.30. The fourth-order valence-electron chi connectivity index (χ4n) is 2.07. The fourth-order valence-corrected chi connectivity index (χ4v) is 2.91. The third-order valence-corrected chi connectivity index (χ3v) is 4.22. The maximum absolute atomic E-state index is 12.3. The number of carbonyl (C=O) groups is 2. The summed E-state index contributed by atoms with van der Waals surface area (Å²) in [5.41, 5.74) is 1.29. The highest BCUT2D eigenvalue weighted by molar-refractivity contribution is 7.98. The van der Waals surface area contributed by atoms with Gasteiger partial charge in [0.2, 0.25) is 0 Å². The quantitative estimate of drug-likeness (QED) is 0.846. The van der Waals surface area contributed by atoms with Gasteiger partial charge in [-0.1, -0.05) is 13.0 Å². The molecule has 116 valence electrons. The van der Waals surface area contributed by atoms with Crippen LogP contribution in [0.4, 0.5) is 10.5 Å². The molecular weight excluding hydrogens is 288 g/mol. The maximum atomic E-state index is 12.3. The molecule has 0 saturated heterocycles. The van der Waals surface area contributed by atoms with Gasteiger partial charge in [-0.25, -0.2) is 9.59 Å². The van der Waals surface area contributed by atoms with Crippen LogP contribution in [0.25, 0.3) is 0 Å². The van der Waals surface area contributed by atoms with Crippen LogP contribution in [0, 0.1) is 6.92 Å². The summed E-state index contributed by atoms with van der Waals surface area (Å²) >= 11 is 1.70. The van der Waals surface area contributed by atoms with E-state index < -0.39 is 5.97 Å². The van der Waals surface area contributed by atoms with Gasteiger partial charge in [0.25, 0.3) is 0 Å². The SMILES string of the molecule is CCC(CSC)N(C)C(=O)Nc1cccc(C(=O)O)c1C. The van der Waals surface area contributed by atoms with Crippen LogP contribution in [0.15, 0.2) is 18.2 Å². The molecule has 0 bridgehead atoms. The number of benzene rings is 1. The second kappa shape index (κ2) is 7.93. The van der Waals surface area contributed by atoms with Gasteiger partial charge < -0.3 is 15.3 Å². The number of carboxylic acids is 1. The number of anilines is 1. The van der Waals surface area contributed by atoms with Crippen molar-refractivity contribution in [2.24, 2.45) is 0 Å². The van der Waals surface area contributed by atoms with Gasteiger partial charge in [0, 0.05) is 24.5 Å². The smallest absolute Gasteiger partial charge is 0.336 e. The molecule has 0 radical (unpaired) electrons. The van der Waals surface area contributed by atoms with Crippen LogP contribution < -0.4 is 5.32 Å². The van der Waals surface area contributed by atoms with E-state index in [0.29, 0.717) is 11.3 Å². The summed E-state index contributed by atoms with van der Waals surface area (Å²) in [5, 5.41) is 11.9. The Bertz CT molecular complexity index is 520. The Morgan fingerprint density at radius 2 is 2.10 bits per heavy atom. The van der Waals surface area contributed by atoms with Crippen LogP contribution in [0.5, 0.6) is 0 Å². The summed E-state index contributed by atoms with van der Waals surface area (Å²) in [4.78, 5) is 25.1. The number of urea groups is 1. The molecule has 1 aromatic carbocycles. The lowest BCUT2D eigenvalue weighted by molar-refractivity contribution is 0.0696. The minimum atomic E-state index is -0.995. The van der Waals surface area contributed by atoms with Gasteiger partial charge in [-0.2, -0.15) is 11.8 Å². The van der Waals surface area contributed by atoms with Gasteiger partial charge in [0.1, 0.15) is 0 Å². The third kappa shape index (κ3) is 4.39. The molecule has 0 aliphatic carbocycles. The molecule has 1 rings (SSSR count). The molecule has 1 atom stereocenters. The summed E-state index contributed by atoms with van der Waals surface area (Å²) in [5.74, 6) is -0.125. The van der Waals surface area contributed by atoms with Crippen molar-refractivity contribution in [3.63, 3.8) is 0 Å². The zero-order valence-electron chi connectivity index (χ0n) is 12.8. The number of hydrogen-bond acceptors (Lipinski definition) is 3. The van der Waals surface area contributed by atoms with E-state index in [4.69, 9.17) is 5.11 Å². The first-order valence-electron chi connectivity index (χ1n) is 6.78. The molecule has 2 N–H and O–H groups in total. The lowest BCUT2D eigenvalue weighted by Gasteiger charge is -2.27. The van der Waals surface area contributed by atoms with Crippen LogP contribution in [0.2, 0.25) is 0 Å². The van der Waals surface area contributed by atoms with Crippen molar-refractivity contribution in [1.29, 1.82) is 0 Å². The largest absolute Gasteiger partial charge is 0.478 e. The van der Waals surface area contributed by atoms with Crippen molar-refractivity contribution >= 4 is 29.4 Å². The second-order valence-corrected chi connectivity index (χ2v) is 5.75. The summed E-state index contributed by atoms with van der Waals surface area (Å²) in [7, 11) is 1.76. The highest BCUT2D eigenvalue weighted by atomic mass is 32.2. The molecule has 0 spiro atoms. The van der Waals surface area contributed by atoms with E-state index in [1.807, 2.05) is 13.2 Å². The molecule has 0 fully saturated rings. The average molecular weight is 310 g/mol. The molecule has 2 amide bonds. The minimum absolute atomic E-state index is 0.156. The Morgan fingerprint density at radius 1 is 1.43 bits per heavy atom. The lowest BCUT2D eigenvalue weighted by atomic mass is 10.1. The Kier molecular flexibility index (Phi) is 6.55. The molecule has 1 unspecified atom stereocenters. The van der Waals surface area contributed by atoms with E-state index in [1.165, 1.54) is 6.07 Å². The van der Waals surface area contributed by atoms with Gasteiger partial charge in [-0.15, -0.1) is 0 Å². The van der Waals surface area contributed by atoms with E-state index in [9.17, 15) is 9.59 Å². The van der Waals surface area contributed by atoms with Gasteiger partial charge in [0.15, 0.2) is 0 Å². The molecule has 0 heterocycles. The number of rotatable bonds is 6. The molecule has 21 heavy (non-hydrogen) atoms. The monoisotopic (exact) mass is 310 g/mol. The van der Waals surface area contributed by atoms with Crippen LogP contribution >= 0.6 is 11.8 Å². The maximum Gasteiger partial charge on any atom is 0.336 e. The van der Waals surface area contributed by atoms with Gasteiger partial charge >= 0.3 is 12.0 Å². The standard InChI is InChI=1S/C15H22N2O3S/c1-5-11(9-21-4)17(3)15(20)16-13-8-6-7-12(10(13)2)14(18)19/h6-8,11H,5,9H2,1-4H3,(H,16,20)(H,18,19). The lowest BCUT2D eigenvalue weighted by Crippen LogP contribution is -2.41. The zero-order chi connectivity index (χ0) is 16.0. The van der Waals surface area contributed by atoms with E-state index in [-0.39, 0.29) is 17.6 Å². The normalized spacial score (nSPS) is 11.8. The number of nitrogens with one attached hydrogen (secondary N) is 1. The number of aromatic carboxylic acids is 1. The van der Waals surface area contributed by atoms with E-state index in [2.05, 4.69) is 5.32 Å². The number of carbonyl (C=O) groups excluding carboxylic acids is 1. The second-order valence-electron chi connectivity index (χ2n) is 4.84. The van der Waals surface area contributed by atoms with Crippen LogP contribution in [-0.4, -0.2) is 47.1 Å². The number of carboxylic acid groups (broad SMARTS) is 1. The zero-order valence-corrected chi connectivity index (χ0v) is 13.7.